The van der Waals surface area contributed by atoms with Gasteiger partial charge in [-0.25, -0.2) is 0 Å². The maximum Gasteiger partial charge on any atom is 0.307 e. The zero-order chi connectivity index (χ0) is 15.8. The fourth-order valence-corrected chi connectivity index (χ4v) is 2.78. The van der Waals surface area contributed by atoms with Crippen LogP contribution in [0, 0.1) is 17.3 Å². The summed E-state index contributed by atoms with van der Waals surface area (Å²) in [4.78, 5) is 34.4. The Morgan fingerprint density at radius 2 is 1.86 bits per heavy atom. The molecule has 6 heteroatoms. The molecule has 2 atom stereocenters. The molecule has 1 aromatic carbocycles. The van der Waals surface area contributed by atoms with Crippen molar-refractivity contribution in [2.45, 2.75) is 20.3 Å². The Hall–Kier alpha value is -2.37. The summed E-state index contributed by atoms with van der Waals surface area (Å²) in [6, 6.07) is 6.84. The van der Waals surface area contributed by atoms with E-state index in [2.05, 4.69) is 5.32 Å². The number of carboxylic acid groups (broad SMARTS) is 1. The quantitative estimate of drug-likeness (QED) is 0.751. The van der Waals surface area contributed by atoms with Crippen LogP contribution < -0.4 is 11.1 Å². The van der Waals surface area contributed by atoms with Crippen molar-refractivity contribution in [3.63, 3.8) is 0 Å². The Morgan fingerprint density at radius 1 is 1.24 bits per heavy atom. The molecule has 2 amide bonds. The van der Waals surface area contributed by atoms with Crippen molar-refractivity contribution in [3.05, 3.63) is 29.8 Å². The summed E-state index contributed by atoms with van der Waals surface area (Å²) in [6.45, 7) is 3.51. The van der Waals surface area contributed by atoms with Crippen LogP contribution in [0.15, 0.2) is 24.3 Å². The average molecular weight is 290 g/mol. The van der Waals surface area contributed by atoms with Crippen LogP contribution >= 0.6 is 0 Å². The molecule has 1 fully saturated rings. The van der Waals surface area contributed by atoms with Gasteiger partial charge in [-0.2, -0.15) is 0 Å². The minimum absolute atomic E-state index is 0.0207. The van der Waals surface area contributed by atoms with Crippen molar-refractivity contribution in [1.29, 1.82) is 0 Å². The van der Waals surface area contributed by atoms with Crippen LogP contribution in [-0.2, 0) is 20.8 Å². The summed E-state index contributed by atoms with van der Waals surface area (Å²) >= 11 is 0. The maximum atomic E-state index is 12.3. The molecule has 4 N–H and O–H groups in total. The monoisotopic (exact) mass is 290 g/mol. The summed E-state index contributed by atoms with van der Waals surface area (Å²) in [6.07, 6.45) is 0.0207. The molecule has 0 aliphatic heterocycles. The van der Waals surface area contributed by atoms with Crippen LogP contribution in [0.5, 0.6) is 0 Å². The number of carboxylic acids is 1. The van der Waals surface area contributed by atoms with Gasteiger partial charge in [-0.1, -0.05) is 32.0 Å². The Balaban J connectivity index is 2.15. The van der Waals surface area contributed by atoms with Gasteiger partial charge in [0.15, 0.2) is 0 Å². The predicted octanol–water partition coefficient (Wildman–Crippen LogP) is 1.01. The highest BCUT2D eigenvalue weighted by Crippen LogP contribution is 2.58. The normalized spacial score (nSPS) is 22.4. The highest BCUT2D eigenvalue weighted by atomic mass is 16.4. The zero-order valence-corrected chi connectivity index (χ0v) is 11.9. The molecule has 0 aromatic heterocycles. The Morgan fingerprint density at radius 3 is 2.38 bits per heavy atom. The number of para-hydroxylation sites is 1. The molecule has 0 radical (unpaired) electrons. The number of rotatable bonds is 5. The van der Waals surface area contributed by atoms with Gasteiger partial charge in [-0.15, -0.1) is 0 Å². The first-order valence-electron chi connectivity index (χ1n) is 6.65. The molecular formula is C15H18N2O4. The van der Waals surface area contributed by atoms with Gasteiger partial charge in [0, 0.05) is 5.69 Å². The number of carbonyl (C=O) groups excluding carboxylic acids is 2. The lowest BCUT2D eigenvalue weighted by Gasteiger charge is -2.10. The summed E-state index contributed by atoms with van der Waals surface area (Å²) in [5.41, 5.74) is 5.72. The first-order valence-corrected chi connectivity index (χ1v) is 6.65. The van der Waals surface area contributed by atoms with Gasteiger partial charge in [0.05, 0.1) is 18.3 Å². The van der Waals surface area contributed by atoms with Gasteiger partial charge in [-0.05, 0) is 17.0 Å². The smallest absolute Gasteiger partial charge is 0.307 e. The second-order valence-electron chi connectivity index (χ2n) is 5.90. The van der Waals surface area contributed by atoms with E-state index in [0.29, 0.717) is 11.3 Å². The SMILES string of the molecule is CC1(C)[C@H](C(=O)O)[C@@H]1C(=O)Nc1ccccc1CC(N)=O. The minimum atomic E-state index is -0.967. The molecular weight excluding hydrogens is 272 g/mol. The topological polar surface area (TPSA) is 109 Å². The molecule has 1 aliphatic carbocycles. The molecule has 1 aromatic rings. The first kappa shape index (κ1) is 15.0. The number of carbonyl (C=O) groups is 3. The lowest BCUT2D eigenvalue weighted by atomic mass is 10.1. The summed E-state index contributed by atoms with van der Waals surface area (Å²) in [5.74, 6) is -3.06. The molecule has 1 saturated carbocycles. The number of hydrogen-bond acceptors (Lipinski definition) is 3. The maximum absolute atomic E-state index is 12.3. The third-order valence-electron chi connectivity index (χ3n) is 4.02. The fraction of sp³-hybridized carbons (Fsp3) is 0.400. The van der Waals surface area contributed by atoms with Crippen molar-refractivity contribution in [1.82, 2.24) is 0 Å². The van der Waals surface area contributed by atoms with Crippen LogP contribution in [0.2, 0.25) is 0 Å². The third-order valence-corrected chi connectivity index (χ3v) is 4.02. The van der Waals surface area contributed by atoms with E-state index in [1.807, 2.05) is 0 Å². The molecule has 6 nitrogen and oxygen atoms in total. The third kappa shape index (κ3) is 2.89. The van der Waals surface area contributed by atoms with Gasteiger partial charge in [0.2, 0.25) is 11.8 Å². The van der Waals surface area contributed by atoms with Crippen molar-refractivity contribution < 1.29 is 19.5 Å². The molecule has 1 aliphatic rings. The van der Waals surface area contributed by atoms with E-state index >= 15 is 0 Å². The number of anilines is 1. The zero-order valence-electron chi connectivity index (χ0n) is 11.9. The second kappa shape index (κ2) is 5.20. The molecule has 0 heterocycles. The second-order valence-corrected chi connectivity index (χ2v) is 5.90. The molecule has 0 bridgehead atoms. The lowest BCUT2D eigenvalue weighted by Crippen LogP contribution is -2.20. The standard InChI is InChI=1S/C15H18N2O4/c1-15(2)11(12(15)14(20)21)13(19)17-9-6-4-3-5-8(9)7-10(16)18/h3-6,11-12H,7H2,1-2H3,(H2,16,18)(H,17,19)(H,20,21)/t11-,12+/m1/s1. The summed E-state index contributed by atoms with van der Waals surface area (Å²) in [5, 5.41) is 11.8. The largest absolute Gasteiger partial charge is 0.481 e. The highest BCUT2D eigenvalue weighted by Gasteiger charge is 2.65. The summed E-state index contributed by atoms with van der Waals surface area (Å²) < 4.78 is 0. The van der Waals surface area contributed by atoms with Crippen molar-refractivity contribution in [2.24, 2.45) is 23.0 Å². The van der Waals surface area contributed by atoms with Crippen molar-refractivity contribution >= 4 is 23.5 Å². The number of hydrogen-bond donors (Lipinski definition) is 3. The Kier molecular flexibility index (Phi) is 3.72. The number of primary amides is 1. The van der Waals surface area contributed by atoms with Crippen molar-refractivity contribution in [3.8, 4) is 0 Å². The van der Waals surface area contributed by atoms with Gasteiger partial charge >= 0.3 is 5.97 Å². The Labute approximate surface area is 122 Å². The van der Waals surface area contributed by atoms with Crippen molar-refractivity contribution in [2.75, 3.05) is 5.32 Å². The predicted molar refractivity (Wildman–Crippen MR) is 76.4 cm³/mol. The van der Waals surface area contributed by atoms with E-state index < -0.39 is 29.1 Å². The van der Waals surface area contributed by atoms with Gasteiger partial charge in [0.1, 0.15) is 0 Å². The molecule has 0 spiro atoms. The molecule has 21 heavy (non-hydrogen) atoms. The van der Waals surface area contributed by atoms with Crippen LogP contribution in [0.25, 0.3) is 0 Å². The number of benzene rings is 1. The number of nitrogens with two attached hydrogens (primary N) is 1. The van der Waals surface area contributed by atoms with E-state index in [4.69, 9.17) is 10.8 Å². The number of aliphatic carboxylic acids is 1. The van der Waals surface area contributed by atoms with E-state index in [9.17, 15) is 14.4 Å². The molecule has 112 valence electrons. The van der Waals surface area contributed by atoms with Crippen LogP contribution in [-0.4, -0.2) is 22.9 Å². The van der Waals surface area contributed by atoms with Gasteiger partial charge in [-0.3, -0.25) is 14.4 Å². The molecule has 0 saturated heterocycles. The molecule has 2 rings (SSSR count). The molecule has 0 unspecified atom stereocenters. The first-order chi connectivity index (χ1) is 9.75. The van der Waals surface area contributed by atoms with Crippen LogP contribution in [0.4, 0.5) is 5.69 Å². The summed E-state index contributed by atoms with van der Waals surface area (Å²) in [7, 11) is 0. The number of nitrogens with one attached hydrogen (secondary N) is 1. The average Bonchev–Trinajstić information content (AvgIpc) is 2.94. The van der Waals surface area contributed by atoms with E-state index in [0.717, 1.165) is 0 Å². The van der Waals surface area contributed by atoms with Crippen LogP contribution in [0.1, 0.15) is 19.4 Å². The highest BCUT2D eigenvalue weighted by molar-refractivity contribution is 6.00. The van der Waals surface area contributed by atoms with E-state index in [1.165, 1.54) is 0 Å². The van der Waals surface area contributed by atoms with Gasteiger partial charge < -0.3 is 16.2 Å². The van der Waals surface area contributed by atoms with E-state index in [1.54, 1.807) is 38.1 Å². The fourth-order valence-electron chi connectivity index (χ4n) is 2.78. The Bertz CT molecular complexity index is 609. The number of amides is 2. The van der Waals surface area contributed by atoms with E-state index in [-0.39, 0.29) is 12.3 Å². The lowest BCUT2D eigenvalue weighted by molar-refractivity contribution is -0.140. The van der Waals surface area contributed by atoms with Gasteiger partial charge in [0.25, 0.3) is 0 Å². The van der Waals surface area contributed by atoms with Crippen LogP contribution in [0.3, 0.4) is 0 Å². The minimum Gasteiger partial charge on any atom is -0.481 e.